The van der Waals surface area contributed by atoms with E-state index in [9.17, 15) is 18.0 Å². The maximum atomic E-state index is 12.8. The average Bonchev–Trinajstić information content (AvgIpc) is 2.69. The van der Waals surface area contributed by atoms with Crippen molar-refractivity contribution in [3.05, 3.63) is 41.2 Å². The van der Waals surface area contributed by atoms with Crippen LogP contribution in [0, 0.1) is 6.92 Å². The highest BCUT2D eigenvalue weighted by atomic mass is 19.4. The van der Waals surface area contributed by atoms with Gasteiger partial charge in [0, 0.05) is 0 Å². The Bertz CT molecular complexity index is 589. The highest BCUT2D eigenvalue weighted by Crippen LogP contribution is 2.33. The van der Waals surface area contributed by atoms with E-state index in [1.165, 1.54) is 25.1 Å². The fourth-order valence-electron chi connectivity index (χ4n) is 1.58. The van der Waals surface area contributed by atoms with E-state index in [1.807, 2.05) is 0 Å². The van der Waals surface area contributed by atoms with Gasteiger partial charge >= 0.3 is 6.18 Å². The molecule has 0 radical (unpaired) electrons. The largest absolute Gasteiger partial charge is 0.418 e. The molecule has 0 amide bonds. The molecule has 4 nitrogen and oxygen atoms in total. The number of para-hydroxylation sites is 1. The number of hydrogen-bond donors (Lipinski definition) is 0. The summed E-state index contributed by atoms with van der Waals surface area (Å²) in [6.07, 6.45) is -4.08. The second-order valence-electron chi connectivity index (χ2n) is 3.60. The van der Waals surface area contributed by atoms with Crippen LogP contribution in [0.15, 0.2) is 24.3 Å². The standard InChI is InChI=1S/C11H8F3N3O/c1-7-10(6-18)17(16-15-7)9-5-3-2-4-8(9)11(12,13)14/h2-6H,1H3. The predicted octanol–water partition coefficient (Wildman–Crippen LogP) is 2.41. The first-order valence-corrected chi connectivity index (χ1v) is 4.99. The summed E-state index contributed by atoms with van der Waals surface area (Å²) in [7, 11) is 0. The summed E-state index contributed by atoms with van der Waals surface area (Å²) in [5.41, 5.74) is -0.792. The van der Waals surface area contributed by atoms with Gasteiger partial charge < -0.3 is 0 Å². The van der Waals surface area contributed by atoms with Crippen LogP contribution in [0.2, 0.25) is 0 Å². The van der Waals surface area contributed by atoms with Crippen molar-refractivity contribution in [1.29, 1.82) is 0 Å². The first-order chi connectivity index (χ1) is 8.45. The lowest BCUT2D eigenvalue weighted by molar-refractivity contribution is -0.137. The number of nitrogens with zero attached hydrogens (tertiary/aromatic N) is 3. The van der Waals surface area contributed by atoms with Crippen molar-refractivity contribution in [3.63, 3.8) is 0 Å². The summed E-state index contributed by atoms with van der Waals surface area (Å²) in [6.45, 7) is 1.50. The maximum Gasteiger partial charge on any atom is 0.418 e. The van der Waals surface area contributed by atoms with Crippen LogP contribution in [0.3, 0.4) is 0 Å². The Hall–Kier alpha value is -2.18. The average molecular weight is 255 g/mol. The summed E-state index contributed by atoms with van der Waals surface area (Å²) in [6, 6.07) is 4.89. The van der Waals surface area contributed by atoms with Gasteiger partial charge in [-0.2, -0.15) is 13.2 Å². The molecule has 0 saturated heterocycles. The zero-order valence-electron chi connectivity index (χ0n) is 9.27. The molecule has 0 bridgehead atoms. The number of rotatable bonds is 2. The Labute approximate surface area is 100 Å². The molecule has 7 heteroatoms. The van der Waals surface area contributed by atoms with Gasteiger partial charge in [-0.15, -0.1) is 5.10 Å². The fraction of sp³-hybridized carbons (Fsp3) is 0.182. The van der Waals surface area contributed by atoms with Crippen molar-refractivity contribution in [3.8, 4) is 5.69 Å². The Kier molecular flexibility index (Phi) is 2.90. The van der Waals surface area contributed by atoms with E-state index in [0.717, 1.165) is 10.7 Å². The van der Waals surface area contributed by atoms with Crippen molar-refractivity contribution in [2.24, 2.45) is 0 Å². The number of hydrogen-bond acceptors (Lipinski definition) is 3. The summed E-state index contributed by atoms with van der Waals surface area (Å²) in [5, 5.41) is 7.17. The number of aldehydes is 1. The SMILES string of the molecule is Cc1nnn(-c2ccccc2C(F)(F)F)c1C=O. The first kappa shape index (κ1) is 12.3. The van der Waals surface area contributed by atoms with Gasteiger partial charge in [-0.25, -0.2) is 4.68 Å². The van der Waals surface area contributed by atoms with Gasteiger partial charge in [0.2, 0.25) is 0 Å². The van der Waals surface area contributed by atoms with Crippen LogP contribution in [-0.4, -0.2) is 21.3 Å². The molecule has 1 aromatic carbocycles. The molecule has 0 atom stereocenters. The summed E-state index contributed by atoms with van der Waals surface area (Å²) in [4.78, 5) is 10.9. The van der Waals surface area contributed by atoms with Gasteiger partial charge in [0.15, 0.2) is 6.29 Å². The summed E-state index contributed by atoms with van der Waals surface area (Å²) < 4.78 is 39.4. The lowest BCUT2D eigenvalue weighted by atomic mass is 10.1. The molecular formula is C11H8F3N3O. The van der Waals surface area contributed by atoms with E-state index in [2.05, 4.69) is 10.3 Å². The van der Waals surface area contributed by atoms with Crippen molar-refractivity contribution < 1.29 is 18.0 Å². The third-order valence-corrected chi connectivity index (χ3v) is 2.43. The van der Waals surface area contributed by atoms with Crippen LogP contribution < -0.4 is 0 Å². The molecule has 0 aliphatic heterocycles. The molecule has 1 heterocycles. The molecule has 0 aliphatic carbocycles. The first-order valence-electron chi connectivity index (χ1n) is 4.99. The van der Waals surface area contributed by atoms with E-state index in [1.54, 1.807) is 0 Å². The summed E-state index contributed by atoms with van der Waals surface area (Å²) in [5.74, 6) is 0. The van der Waals surface area contributed by atoms with Crippen molar-refractivity contribution >= 4 is 6.29 Å². The predicted molar refractivity (Wildman–Crippen MR) is 56.5 cm³/mol. The second kappa shape index (κ2) is 4.25. The van der Waals surface area contributed by atoms with E-state index < -0.39 is 11.7 Å². The minimum atomic E-state index is -4.52. The number of alkyl halides is 3. The summed E-state index contributed by atoms with van der Waals surface area (Å²) >= 11 is 0. The lowest BCUT2D eigenvalue weighted by Crippen LogP contribution is -2.13. The molecule has 1 aromatic heterocycles. The minimum absolute atomic E-state index is 0.00620. The second-order valence-corrected chi connectivity index (χ2v) is 3.60. The molecule has 2 rings (SSSR count). The number of aromatic nitrogens is 3. The monoisotopic (exact) mass is 255 g/mol. The van der Waals surface area contributed by atoms with E-state index in [0.29, 0.717) is 6.29 Å². The van der Waals surface area contributed by atoms with Crippen LogP contribution >= 0.6 is 0 Å². The van der Waals surface area contributed by atoms with Crippen LogP contribution in [0.25, 0.3) is 5.69 Å². The van der Waals surface area contributed by atoms with Gasteiger partial charge in [-0.05, 0) is 19.1 Å². The maximum absolute atomic E-state index is 12.8. The Morgan fingerprint density at radius 1 is 1.28 bits per heavy atom. The van der Waals surface area contributed by atoms with Gasteiger partial charge in [0.25, 0.3) is 0 Å². The molecule has 0 N–H and O–H groups in total. The normalized spacial score (nSPS) is 11.6. The van der Waals surface area contributed by atoms with Gasteiger partial charge in [-0.1, -0.05) is 17.3 Å². The zero-order chi connectivity index (χ0) is 13.3. The Morgan fingerprint density at radius 3 is 2.56 bits per heavy atom. The number of halogens is 3. The smallest absolute Gasteiger partial charge is 0.296 e. The topological polar surface area (TPSA) is 47.8 Å². The quantitative estimate of drug-likeness (QED) is 0.774. The Morgan fingerprint density at radius 2 is 1.94 bits per heavy atom. The Balaban J connectivity index is 2.68. The highest BCUT2D eigenvalue weighted by Gasteiger charge is 2.34. The third kappa shape index (κ3) is 1.99. The van der Waals surface area contributed by atoms with Crippen molar-refractivity contribution in [2.75, 3.05) is 0 Å². The van der Waals surface area contributed by atoms with Gasteiger partial charge in [0.05, 0.1) is 16.9 Å². The van der Waals surface area contributed by atoms with Crippen molar-refractivity contribution in [1.82, 2.24) is 15.0 Å². The van der Waals surface area contributed by atoms with Gasteiger partial charge in [-0.3, -0.25) is 4.79 Å². The highest BCUT2D eigenvalue weighted by molar-refractivity contribution is 5.75. The van der Waals surface area contributed by atoms with Crippen LogP contribution in [0.4, 0.5) is 13.2 Å². The van der Waals surface area contributed by atoms with E-state index in [-0.39, 0.29) is 17.1 Å². The van der Waals surface area contributed by atoms with Crippen molar-refractivity contribution in [2.45, 2.75) is 13.1 Å². The van der Waals surface area contributed by atoms with Gasteiger partial charge in [0.1, 0.15) is 5.69 Å². The molecule has 0 spiro atoms. The molecule has 94 valence electrons. The number of carbonyl (C=O) groups is 1. The molecule has 0 aliphatic rings. The van der Waals surface area contributed by atoms with E-state index in [4.69, 9.17) is 0 Å². The fourth-order valence-corrected chi connectivity index (χ4v) is 1.58. The molecule has 0 unspecified atom stereocenters. The number of benzene rings is 1. The van der Waals surface area contributed by atoms with Crippen LogP contribution in [0.1, 0.15) is 21.7 Å². The van der Waals surface area contributed by atoms with Crippen LogP contribution in [0.5, 0.6) is 0 Å². The zero-order valence-corrected chi connectivity index (χ0v) is 9.27. The molecule has 2 aromatic rings. The number of carbonyl (C=O) groups excluding carboxylic acids is 1. The number of aryl methyl sites for hydroxylation is 1. The minimum Gasteiger partial charge on any atom is -0.296 e. The lowest BCUT2D eigenvalue weighted by Gasteiger charge is -2.12. The molecule has 18 heavy (non-hydrogen) atoms. The molecular weight excluding hydrogens is 247 g/mol. The molecule has 0 saturated carbocycles. The van der Waals surface area contributed by atoms with Crippen LogP contribution in [-0.2, 0) is 6.18 Å². The molecule has 0 fully saturated rings. The third-order valence-electron chi connectivity index (χ3n) is 2.43. The van der Waals surface area contributed by atoms with E-state index >= 15 is 0 Å².